The molecule has 0 aromatic rings. The molecule has 0 amide bonds. The summed E-state index contributed by atoms with van der Waals surface area (Å²) in [6.45, 7) is 6.18. The standard InChI is InChI=1S/C7H16O2Si/c1-3-10(4-2)8-6-5-7-9-10/h3-7H2,1-2H3. The van der Waals surface area contributed by atoms with Crippen LogP contribution in [0.2, 0.25) is 12.1 Å². The van der Waals surface area contributed by atoms with Crippen molar-refractivity contribution in [1.82, 2.24) is 0 Å². The van der Waals surface area contributed by atoms with E-state index in [9.17, 15) is 0 Å². The Bertz CT molecular complexity index is 93.8. The highest BCUT2D eigenvalue weighted by Gasteiger charge is 2.35. The maximum Gasteiger partial charge on any atom is 0.337 e. The Morgan fingerprint density at radius 3 is 1.90 bits per heavy atom. The summed E-state index contributed by atoms with van der Waals surface area (Å²) >= 11 is 0. The molecule has 1 rings (SSSR count). The molecule has 60 valence electrons. The van der Waals surface area contributed by atoms with Gasteiger partial charge in [-0.1, -0.05) is 13.8 Å². The van der Waals surface area contributed by atoms with Crippen LogP contribution < -0.4 is 0 Å². The van der Waals surface area contributed by atoms with Gasteiger partial charge in [-0.15, -0.1) is 0 Å². The van der Waals surface area contributed by atoms with E-state index in [0.29, 0.717) is 0 Å². The molecule has 0 aliphatic carbocycles. The van der Waals surface area contributed by atoms with Gasteiger partial charge in [0.05, 0.1) is 0 Å². The van der Waals surface area contributed by atoms with Crippen LogP contribution in [0, 0.1) is 0 Å². The molecule has 0 saturated carbocycles. The summed E-state index contributed by atoms with van der Waals surface area (Å²) in [6, 6.07) is 2.20. The molecule has 0 atom stereocenters. The van der Waals surface area contributed by atoms with Gasteiger partial charge in [0.25, 0.3) is 0 Å². The van der Waals surface area contributed by atoms with Crippen LogP contribution in [-0.4, -0.2) is 21.8 Å². The van der Waals surface area contributed by atoms with Crippen LogP contribution >= 0.6 is 0 Å². The maximum absolute atomic E-state index is 5.68. The Morgan fingerprint density at radius 2 is 1.60 bits per heavy atom. The summed E-state index contributed by atoms with van der Waals surface area (Å²) in [5, 5.41) is 0. The predicted octanol–water partition coefficient (Wildman–Crippen LogP) is 1.91. The Balaban J connectivity index is 2.44. The second-order valence-corrected chi connectivity index (χ2v) is 6.48. The van der Waals surface area contributed by atoms with Crippen molar-refractivity contribution in [2.45, 2.75) is 32.4 Å². The average molecular weight is 160 g/mol. The van der Waals surface area contributed by atoms with Gasteiger partial charge >= 0.3 is 8.56 Å². The van der Waals surface area contributed by atoms with E-state index in [4.69, 9.17) is 8.85 Å². The van der Waals surface area contributed by atoms with Gasteiger partial charge in [-0.2, -0.15) is 0 Å². The lowest BCUT2D eigenvalue weighted by Crippen LogP contribution is -2.44. The topological polar surface area (TPSA) is 18.5 Å². The fourth-order valence-electron chi connectivity index (χ4n) is 1.28. The van der Waals surface area contributed by atoms with E-state index in [1.165, 1.54) is 0 Å². The van der Waals surface area contributed by atoms with E-state index < -0.39 is 8.56 Å². The Kier molecular flexibility index (Phi) is 2.89. The van der Waals surface area contributed by atoms with Crippen LogP contribution in [0.3, 0.4) is 0 Å². The molecule has 0 radical (unpaired) electrons. The molecule has 3 heteroatoms. The lowest BCUT2D eigenvalue weighted by atomic mass is 10.5. The van der Waals surface area contributed by atoms with Crippen LogP contribution in [0.25, 0.3) is 0 Å². The van der Waals surface area contributed by atoms with Crippen LogP contribution in [-0.2, 0) is 8.85 Å². The molecule has 1 heterocycles. The summed E-state index contributed by atoms with van der Waals surface area (Å²) in [5.41, 5.74) is 0. The molecule has 2 nitrogen and oxygen atoms in total. The summed E-state index contributed by atoms with van der Waals surface area (Å²) < 4.78 is 11.4. The largest absolute Gasteiger partial charge is 0.394 e. The fraction of sp³-hybridized carbons (Fsp3) is 1.00. The van der Waals surface area contributed by atoms with Gasteiger partial charge in [0.2, 0.25) is 0 Å². The zero-order valence-electron chi connectivity index (χ0n) is 6.85. The Morgan fingerprint density at radius 1 is 1.10 bits per heavy atom. The van der Waals surface area contributed by atoms with E-state index in [2.05, 4.69) is 13.8 Å². The van der Waals surface area contributed by atoms with Gasteiger partial charge in [-0.3, -0.25) is 0 Å². The van der Waals surface area contributed by atoms with E-state index in [1.807, 2.05) is 0 Å². The minimum atomic E-state index is -1.63. The van der Waals surface area contributed by atoms with Crippen LogP contribution in [0.15, 0.2) is 0 Å². The Hall–Kier alpha value is 0.137. The summed E-state index contributed by atoms with van der Waals surface area (Å²) in [7, 11) is -1.63. The zero-order valence-corrected chi connectivity index (χ0v) is 7.85. The van der Waals surface area contributed by atoms with Crippen molar-refractivity contribution in [3.05, 3.63) is 0 Å². The molecule has 1 aliphatic heterocycles. The summed E-state index contributed by atoms with van der Waals surface area (Å²) in [5.74, 6) is 0. The van der Waals surface area contributed by atoms with Gasteiger partial charge < -0.3 is 8.85 Å². The molecule has 0 unspecified atom stereocenters. The number of rotatable bonds is 2. The molecular formula is C7H16O2Si. The van der Waals surface area contributed by atoms with Gasteiger partial charge in [-0.25, -0.2) is 0 Å². The van der Waals surface area contributed by atoms with Gasteiger partial charge in [0.15, 0.2) is 0 Å². The molecule has 10 heavy (non-hydrogen) atoms. The molecule has 1 fully saturated rings. The van der Waals surface area contributed by atoms with Crippen LogP contribution in [0.1, 0.15) is 20.3 Å². The van der Waals surface area contributed by atoms with E-state index in [0.717, 1.165) is 31.7 Å². The van der Waals surface area contributed by atoms with Crippen molar-refractivity contribution in [2.75, 3.05) is 13.2 Å². The smallest absolute Gasteiger partial charge is 0.337 e. The van der Waals surface area contributed by atoms with Crippen LogP contribution in [0.4, 0.5) is 0 Å². The van der Waals surface area contributed by atoms with Crippen LogP contribution in [0.5, 0.6) is 0 Å². The first-order valence-corrected chi connectivity index (χ1v) is 6.34. The third kappa shape index (κ3) is 1.59. The molecular weight excluding hydrogens is 144 g/mol. The highest BCUT2D eigenvalue weighted by Crippen LogP contribution is 2.21. The van der Waals surface area contributed by atoms with Crippen molar-refractivity contribution in [2.24, 2.45) is 0 Å². The number of hydrogen-bond donors (Lipinski definition) is 0. The highest BCUT2D eigenvalue weighted by atomic mass is 28.4. The number of hydrogen-bond acceptors (Lipinski definition) is 2. The fourth-order valence-corrected chi connectivity index (χ4v) is 3.71. The molecule has 1 aliphatic rings. The molecule has 0 N–H and O–H groups in total. The minimum absolute atomic E-state index is 0.925. The lowest BCUT2D eigenvalue weighted by Gasteiger charge is -2.32. The third-order valence-corrected chi connectivity index (χ3v) is 5.71. The quantitative estimate of drug-likeness (QED) is 0.574. The molecule has 0 spiro atoms. The summed E-state index contributed by atoms with van der Waals surface area (Å²) in [4.78, 5) is 0. The second-order valence-electron chi connectivity index (χ2n) is 2.67. The third-order valence-electron chi connectivity index (χ3n) is 2.10. The van der Waals surface area contributed by atoms with Crippen molar-refractivity contribution in [3.8, 4) is 0 Å². The predicted molar refractivity (Wildman–Crippen MR) is 43.2 cm³/mol. The first-order valence-electron chi connectivity index (χ1n) is 4.11. The Labute approximate surface area is 63.8 Å². The van der Waals surface area contributed by atoms with Crippen molar-refractivity contribution >= 4 is 8.56 Å². The average Bonchev–Trinajstić information content (AvgIpc) is 2.06. The maximum atomic E-state index is 5.68. The minimum Gasteiger partial charge on any atom is -0.394 e. The molecule has 0 aromatic heterocycles. The zero-order chi connectivity index (χ0) is 7.45. The van der Waals surface area contributed by atoms with E-state index >= 15 is 0 Å². The highest BCUT2D eigenvalue weighted by molar-refractivity contribution is 6.67. The first kappa shape index (κ1) is 8.24. The van der Waals surface area contributed by atoms with E-state index in [1.54, 1.807) is 0 Å². The summed E-state index contributed by atoms with van der Waals surface area (Å²) in [6.07, 6.45) is 1.08. The molecule has 0 aromatic carbocycles. The monoisotopic (exact) mass is 160 g/mol. The van der Waals surface area contributed by atoms with Crippen molar-refractivity contribution in [3.63, 3.8) is 0 Å². The SMILES string of the molecule is CC[Si]1(CC)OCCCO1. The first-order chi connectivity index (χ1) is 4.83. The molecule has 1 saturated heterocycles. The lowest BCUT2D eigenvalue weighted by molar-refractivity contribution is 0.110. The molecule has 0 bridgehead atoms. The second kappa shape index (κ2) is 3.51. The van der Waals surface area contributed by atoms with Crippen molar-refractivity contribution < 1.29 is 8.85 Å². The normalized spacial score (nSPS) is 24.6. The van der Waals surface area contributed by atoms with Gasteiger partial charge in [-0.05, 0) is 18.5 Å². The van der Waals surface area contributed by atoms with E-state index in [-0.39, 0.29) is 0 Å². The van der Waals surface area contributed by atoms with Crippen molar-refractivity contribution in [1.29, 1.82) is 0 Å². The van der Waals surface area contributed by atoms with Gasteiger partial charge in [0.1, 0.15) is 0 Å². The van der Waals surface area contributed by atoms with Gasteiger partial charge in [0, 0.05) is 13.2 Å².